The fourth-order valence-corrected chi connectivity index (χ4v) is 3.04. The minimum absolute atomic E-state index is 0.0818. The number of amides is 2. The van der Waals surface area contributed by atoms with E-state index in [0.717, 1.165) is 25.3 Å². The average Bonchev–Trinajstić information content (AvgIpc) is 2.59. The maximum absolute atomic E-state index is 12.4. The molecule has 0 spiro atoms. The largest absolute Gasteiger partial charge is 0.508 e. The number of methoxy groups -OCH3 is 2. The van der Waals surface area contributed by atoms with Crippen LogP contribution in [0.3, 0.4) is 0 Å². The van der Waals surface area contributed by atoms with E-state index < -0.39 is 32.7 Å². The van der Waals surface area contributed by atoms with E-state index in [-0.39, 0.29) is 23.3 Å². The third-order valence-corrected chi connectivity index (χ3v) is 4.39. The second-order valence-electron chi connectivity index (χ2n) is 4.92. The van der Waals surface area contributed by atoms with Gasteiger partial charge in [-0.2, -0.15) is 15.0 Å². The van der Waals surface area contributed by atoms with Gasteiger partial charge in [0, 0.05) is 6.07 Å². The predicted molar refractivity (Wildman–Crippen MR) is 89.9 cm³/mol. The summed E-state index contributed by atoms with van der Waals surface area (Å²) in [6, 6.07) is 1.67. The first-order valence-electron chi connectivity index (χ1n) is 7.18. The van der Waals surface area contributed by atoms with Gasteiger partial charge in [0.05, 0.1) is 19.8 Å². The number of carbonyl (C=O) groups is 2. The number of nitrogens with zero attached hydrogens (tertiary/aromatic N) is 3. The van der Waals surface area contributed by atoms with Crippen LogP contribution in [0.25, 0.3) is 0 Å². The van der Waals surface area contributed by atoms with Crippen molar-refractivity contribution in [3.63, 3.8) is 0 Å². The molecule has 1 aromatic heterocycles. The summed E-state index contributed by atoms with van der Waals surface area (Å²) in [6.07, 6.45) is 0. The number of rotatable bonds is 5. The Hall–Kier alpha value is -3.48. The van der Waals surface area contributed by atoms with E-state index in [4.69, 9.17) is 4.74 Å². The molecule has 2 rings (SSSR count). The fraction of sp³-hybridized carbons (Fsp3) is 0.214. The van der Waals surface area contributed by atoms with Gasteiger partial charge in [0.2, 0.25) is 5.95 Å². The highest BCUT2D eigenvalue weighted by Crippen LogP contribution is 2.22. The molecule has 0 aliphatic heterocycles. The Morgan fingerprint density at radius 1 is 1.15 bits per heavy atom. The van der Waals surface area contributed by atoms with Gasteiger partial charge in [-0.15, -0.1) is 0 Å². The van der Waals surface area contributed by atoms with E-state index in [1.807, 2.05) is 0 Å². The third-order valence-electron chi connectivity index (χ3n) is 3.02. The van der Waals surface area contributed by atoms with Gasteiger partial charge >= 0.3 is 18.0 Å². The highest BCUT2D eigenvalue weighted by Gasteiger charge is 2.26. The summed E-state index contributed by atoms with van der Waals surface area (Å²) >= 11 is 0. The van der Waals surface area contributed by atoms with Crippen LogP contribution in [0.5, 0.6) is 11.8 Å². The monoisotopic (exact) mass is 397 g/mol. The number of ether oxygens (including phenoxy) is 2. The summed E-state index contributed by atoms with van der Waals surface area (Å²) in [5.41, 5.74) is -0.367. The Balaban J connectivity index is 2.29. The second-order valence-corrected chi connectivity index (χ2v) is 6.58. The number of sulfonamides is 1. The van der Waals surface area contributed by atoms with Crippen molar-refractivity contribution in [3.8, 4) is 11.8 Å². The highest BCUT2D eigenvalue weighted by atomic mass is 32.2. The van der Waals surface area contributed by atoms with Crippen LogP contribution < -0.4 is 14.8 Å². The minimum atomic E-state index is -4.54. The number of benzene rings is 1. The molecule has 2 aromatic rings. The zero-order chi connectivity index (χ0) is 20.2. The number of esters is 1. The van der Waals surface area contributed by atoms with Gasteiger partial charge in [-0.3, -0.25) is 5.32 Å². The normalized spacial score (nSPS) is 10.8. The standard InChI is InChI=1S/C14H15N5O7S/c1-7-15-12(18-14(16-7)26-3)17-13(22)19-27(23,24)10-6-8(20)4-5-9(10)11(21)25-2/h4-6,20H,1-3H3,(H2,15,16,17,18,19,22). The molecule has 1 heterocycles. The average molecular weight is 397 g/mol. The Morgan fingerprint density at radius 3 is 2.48 bits per heavy atom. The smallest absolute Gasteiger partial charge is 0.339 e. The predicted octanol–water partition coefficient (Wildman–Crippen LogP) is 0.191. The summed E-state index contributed by atoms with van der Waals surface area (Å²) in [6.45, 7) is 1.51. The molecule has 0 bridgehead atoms. The van der Waals surface area contributed by atoms with E-state index in [2.05, 4.69) is 25.0 Å². The van der Waals surface area contributed by atoms with E-state index in [9.17, 15) is 23.1 Å². The molecule has 0 aliphatic rings. The molecule has 3 N–H and O–H groups in total. The van der Waals surface area contributed by atoms with Crippen molar-refractivity contribution in [2.45, 2.75) is 11.8 Å². The van der Waals surface area contributed by atoms with Crippen molar-refractivity contribution in [2.24, 2.45) is 0 Å². The number of hydrogen-bond donors (Lipinski definition) is 3. The number of aromatic nitrogens is 3. The van der Waals surface area contributed by atoms with Gasteiger partial charge in [-0.25, -0.2) is 22.7 Å². The zero-order valence-electron chi connectivity index (χ0n) is 14.4. The lowest BCUT2D eigenvalue weighted by Crippen LogP contribution is -2.35. The van der Waals surface area contributed by atoms with Crippen molar-refractivity contribution in [3.05, 3.63) is 29.6 Å². The Labute approximate surface area is 153 Å². The number of carbonyl (C=O) groups excluding carboxylic acids is 2. The lowest BCUT2D eigenvalue weighted by atomic mass is 10.2. The lowest BCUT2D eigenvalue weighted by Gasteiger charge is -2.11. The first kappa shape index (κ1) is 19.8. The van der Waals surface area contributed by atoms with Crippen LogP contribution in [-0.2, 0) is 14.8 Å². The molecule has 2 amide bonds. The number of urea groups is 1. The summed E-state index contributed by atoms with van der Waals surface area (Å²) in [4.78, 5) is 34.5. The van der Waals surface area contributed by atoms with Gasteiger partial charge in [0.1, 0.15) is 16.5 Å². The van der Waals surface area contributed by atoms with Crippen molar-refractivity contribution < 1.29 is 32.6 Å². The second kappa shape index (κ2) is 7.82. The maximum Gasteiger partial charge on any atom is 0.339 e. The van der Waals surface area contributed by atoms with Crippen LogP contribution in [0, 0.1) is 6.92 Å². The number of aryl methyl sites for hydroxylation is 1. The van der Waals surface area contributed by atoms with Gasteiger partial charge in [-0.1, -0.05) is 0 Å². The van der Waals surface area contributed by atoms with Gasteiger partial charge in [0.15, 0.2) is 0 Å². The molecule has 1 aromatic carbocycles. The van der Waals surface area contributed by atoms with Crippen LogP contribution in [0.2, 0.25) is 0 Å². The van der Waals surface area contributed by atoms with Crippen molar-refractivity contribution in [1.82, 2.24) is 19.7 Å². The van der Waals surface area contributed by atoms with Crippen LogP contribution in [0.4, 0.5) is 10.7 Å². The molecule has 12 nitrogen and oxygen atoms in total. The quantitative estimate of drug-likeness (QED) is 0.592. The van der Waals surface area contributed by atoms with E-state index in [0.29, 0.717) is 0 Å². The van der Waals surface area contributed by atoms with Crippen LogP contribution in [0.15, 0.2) is 23.1 Å². The van der Waals surface area contributed by atoms with Gasteiger partial charge in [-0.05, 0) is 19.1 Å². The van der Waals surface area contributed by atoms with E-state index in [1.54, 1.807) is 4.72 Å². The Bertz CT molecular complexity index is 993. The lowest BCUT2D eigenvalue weighted by molar-refractivity contribution is 0.0596. The molecule has 27 heavy (non-hydrogen) atoms. The van der Waals surface area contributed by atoms with E-state index >= 15 is 0 Å². The molecule has 0 saturated heterocycles. The summed E-state index contributed by atoms with van der Waals surface area (Å²) in [5.74, 6) is -1.42. The van der Waals surface area contributed by atoms with Crippen molar-refractivity contribution >= 4 is 28.0 Å². The third kappa shape index (κ3) is 4.78. The number of phenolic OH excluding ortho intramolecular Hbond substituents is 1. The first-order chi connectivity index (χ1) is 12.7. The van der Waals surface area contributed by atoms with Crippen LogP contribution in [-0.4, -0.2) is 54.7 Å². The molecule has 0 radical (unpaired) electrons. The first-order valence-corrected chi connectivity index (χ1v) is 8.66. The molecule has 0 atom stereocenters. The molecular formula is C14H15N5O7S. The maximum atomic E-state index is 12.4. The number of phenols is 1. The number of anilines is 1. The van der Waals surface area contributed by atoms with Crippen LogP contribution in [0.1, 0.15) is 16.2 Å². The minimum Gasteiger partial charge on any atom is -0.508 e. The number of nitrogens with one attached hydrogen (secondary N) is 2. The molecule has 0 unspecified atom stereocenters. The fourth-order valence-electron chi connectivity index (χ4n) is 1.92. The molecule has 0 saturated carbocycles. The topological polar surface area (TPSA) is 170 Å². The summed E-state index contributed by atoms with van der Waals surface area (Å²) in [5, 5.41) is 11.6. The zero-order valence-corrected chi connectivity index (χ0v) is 15.2. The Morgan fingerprint density at radius 2 is 1.85 bits per heavy atom. The SMILES string of the molecule is COC(=O)c1ccc(O)cc1S(=O)(=O)NC(=O)Nc1nc(C)nc(OC)n1. The molecule has 0 fully saturated rings. The van der Waals surface area contributed by atoms with Gasteiger partial charge in [0.25, 0.3) is 10.0 Å². The number of aromatic hydroxyl groups is 1. The molecule has 144 valence electrons. The molecular weight excluding hydrogens is 382 g/mol. The highest BCUT2D eigenvalue weighted by molar-refractivity contribution is 7.90. The van der Waals surface area contributed by atoms with Crippen molar-refractivity contribution in [2.75, 3.05) is 19.5 Å². The summed E-state index contributed by atoms with van der Waals surface area (Å²) in [7, 11) is -2.18. The number of hydrogen-bond acceptors (Lipinski definition) is 10. The van der Waals surface area contributed by atoms with Gasteiger partial charge < -0.3 is 14.6 Å². The molecule has 13 heteroatoms. The Kier molecular flexibility index (Phi) is 5.75. The van der Waals surface area contributed by atoms with E-state index in [1.165, 1.54) is 14.0 Å². The van der Waals surface area contributed by atoms with Crippen molar-refractivity contribution in [1.29, 1.82) is 0 Å². The molecule has 0 aliphatic carbocycles. The summed E-state index contributed by atoms with van der Waals surface area (Å²) < 4.78 is 35.9. The van der Waals surface area contributed by atoms with Crippen LogP contribution >= 0.6 is 0 Å².